The Kier molecular flexibility index (Phi) is 2.83. The molecule has 1 rings (SSSR count). The maximum absolute atomic E-state index is 13.0. The van der Waals surface area contributed by atoms with Crippen molar-refractivity contribution < 1.29 is 19.0 Å². The Bertz CT molecular complexity index is 390. The zero-order chi connectivity index (χ0) is 11.6. The van der Waals surface area contributed by atoms with Gasteiger partial charge >= 0.3 is 5.97 Å². The van der Waals surface area contributed by atoms with Crippen LogP contribution in [0.15, 0.2) is 18.2 Å². The summed E-state index contributed by atoms with van der Waals surface area (Å²) in [5, 5.41) is 8.78. The molecule has 0 fully saturated rings. The molecular formula is C10H12FNO3. The van der Waals surface area contributed by atoms with Crippen molar-refractivity contribution in [3.8, 4) is 5.75 Å². The molecule has 0 radical (unpaired) electrons. The van der Waals surface area contributed by atoms with E-state index in [2.05, 4.69) is 0 Å². The van der Waals surface area contributed by atoms with Crippen LogP contribution in [0.3, 0.4) is 0 Å². The summed E-state index contributed by atoms with van der Waals surface area (Å²) in [4.78, 5) is 10.7. The number of nitrogens with two attached hydrogens (primary N) is 1. The van der Waals surface area contributed by atoms with E-state index >= 15 is 0 Å². The van der Waals surface area contributed by atoms with Gasteiger partial charge in [-0.2, -0.15) is 0 Å². The number of benzene rings is 1. The van der Waals surface area contributed by atoms with Gasteiger partial charge in [0, 0.05) is 6.07 Å². The Balaban J connectivity index is 2.91. The molecule has 5 heteroatoms. The maximum Gasteiger partial charge on any atom is 0.347 e. The minimum atomic E-state index is -1.40. The number of aliphatic carboxylic acids is 1. The van der Waals surface area contributed by atoms with Gasteiger partial charge in [-0.05, 0) is 26.0 Å². The van der Waals surface area contributed by atoms with Crippen molar-refractivity contribution in [3.05, 3.63) is 24.0 Å². The van der Waals surface area contributed by atoms with Gasteiger partial charge in [-0.1, -0.05) is 0 Å². The predicted octanol–water partition coefficient (Wildman–Crippen LogP) is 1.65. The number of nitrogen functional groups attached to an aromatic ring is 1. The molecule has 0 saturated heterocycles. The van der Waals surface area contributed by atoms with E-state index in [-0.39, 0.29) is 11.4 Å². The first-order valence-electron chi connectivity index (χ1n) is 4.30. The number of carbonyl (C=O) groups is 1. The first-order valence-corrected chi connectivity index (χ1v) is 4.30. The van der Waals surface area contributed by atoms with Crippen molar-refractivity contribution in [2.24, 2.45) is 0 Å². The molecule has 0 aliphatic heterocycles. The van der Waals surface area contributed by atoms with Gasteiger partial charge in [-0.3, -0.25) is 0 Å². The minimum Gasteiger partial charge on any atom is -0.478 e. The number of hydrogen-bond acceptors (Lipinski definition) is 3. The number of rotatable bonds is 3. The lowest BCUT2D eigenvalue weighted by atomic mass is 10.1. The summed E-state index contributed by atoms with van der Waals surface area (Å²) in [5.41, 5.74) is 3.86. The smallest absolute Gasteiger partial charge is 0.347 e. The molecule has 0 aromatic heterocycles. The Morgan fingerprint density at radius 2 is 2.13 bits per heavy atom. The Morgan fingerprint density at radius 3 is 2.60 bits per heavy atom. The van der Waals surface area contributed by atoms with Crippen LogP contribution in [0.4, 0.5) is 10.1 Å². The van der Waals surface area contributed by atoms with Crippen molar-refractivity contribution in [3.63, 3.8) is 0 Å². The fraction of sp³-hybridized carbons (Fsp3) is 0.300. The van der Waals surface area contributed by atoms with Crippen LogP contribution in [0.5, 0.6) is 5.75 Å². The molecule has 0 bridgehead atoms. The van der Waals surface area contributed by atoms with Crippen LogP contribution in [-0.2, 0) is 4.79 Å². The highest BCUT2D eigenvalue weighted by Crippen LogP contribution is 2.22. The average Bonchev–Trinajstić information content (AvgIpc) is 2.10. The van der Waals surface area contributed by atoms with Crippen LogP contribution in [0, 0.1) is 5.82 Å². The van der Waals surface area contributed by atoms with Gasteiger partial charge in [0.25, 0.3) is 0 Å². The van der Waals surface area contributed by atoms with E-state index in [1.54, 1.807) is 0 Å². The summed E-state index contributed by atoms with van der Waals surface area (Å²) in [5.74, 6) is -1.62. The van der Waals surface area contributed by atoms with E-state index in [1.165, 1.54) is 26.0 Å². The van der Waals surface area contributed by atoms with Gasteiger partial charge in [-0.25, -0.2) is 9.18 Å². The molecule has 0 saturated carbocycles. The standard InChI is InChI=1S/C10H12FNO3/c1-10(2,9(13)14)15-6-3-4-8(12)7(11)5-6/h3-5H,12H2,1-2H3,(H,13,14). The Labute approximate surface area is 86.5 Å². The second-order valence-corrected chi connectivity index (χ2v) is 3.60. The number of carboxylic acid groups (broad SMARTS) is 1. The Hall–Kier alpha value is -1.78. The molecule has 0 atom stereocenters. The topological polar surface area (TPSA) is 72.5 Å². The third-order valence-corrected chi connectivity index (χ3v) is 1.86. The molecule has 4 nitrogen and oxygen atoms in total. The van der Waals surface area contributed by atoms with Crippen LogP contribution in [0.1, 0.15) is 13.8 Å². The van der Waals surface area contributed by atoms with Gasteiger partial charge in [0.05, 0.1) is 5.69 Å². The molecule has 0 aliphatic carbocycles. The van der Waals surface area contributed by atoms with Gasteiger partial charge in [0.2, 0.25) is 0 Å². The second-order valence-electron chi connectivity index (χ2n) is 3.60. The molecule has 0 amide bonds. The largest absolute Gasteiger partial charge is 0.478 e. The molecule has 0 heterocycles. The van der Waals surface area contributed by atoms with E-state index in [0.29, 0.717) is 0 Å². The zero-order valence-corrected chi connectivity index (χ0v) is 8.45. The monoisotopic (exact) mass is 213 g/mol. The summed E-state index contributed by atoms with van der Waals surface area (Å²) < 4.78 is 18.1. The van der Waals surface area contributed by atoms with Crippen LogP contribution in [-0.4, -0.2) is 16.7 Å². The fourth-order valence-electron chi connectivity index (χ4n) is 0.910. The normalized spacial score (nSPS) is 11.1. The highest BCUT2D eigenvalue weighted by atomic mass is 19.1. The SMILES string of the molecule is CC(C)(Oc1ccc(N)c(F)c1)C(=O)O. The van der Waals surface area contributed by atoms with E-state index < -0.39 is 17.4 Å². The molecule has 0 spiro atoms. The third-order valence-electron chi connectivity index (χ3n) is 1.86. The van der Waals surface area contributed by atoms with Crippen molar-refractivity contribution in [2.45, 2.75) is 19.4 Å². The number of halogens is 1. The van der Waals surface area contributed by atoms with Crippen molar-refractivity contribution in [1.29, 1.82) is 0 Å². The maximum atomic E-state index is 13.0. The van der Waals surface area contributed by atoms with Crippen molar-refractivity contribution in [1.82, 2.24) is 0 Å². The summed E-state index contributed by atoms with van der Waals surface area (Å²) in [6.07, 6.45) is 0. The van der Waals surface area contributed by atoms with E-state index in [9.17, 15) is 9.18 Å². The molecular weight excluding hydrogens is 201 g/mol. The molecule has 1 aromatic carbocycles. The predicted molar refractivity (Wildman–Crippen MR) is 53.2 cm³/mol. The lowest BCUT2D eigenvalue weighted by Gasteiger charge is -2.21. The van der Waals surface area contributed by atoms with Gasteiger partial charge < -0.3 is 15.6 Å². The summed E-state index contributed by atoms with van der Waals surface area (Å²) in [6, 6.07) is 3.80. The lowest BCUT2D eigenvalue weighted by Crippen LogP contribution is -2.37. The zero-order valence-electron chi connectivity index (χ0n) is 8.45. The van der Waals surface area contributed by atoms with Crippen molar-refractivity contribution in [2.75, 3.05) is 5.73 Å². The summed E-state index contributed by atoms with van der Waals surface area (Å²) in [7, 11) is 0. The van der Waals surface area contributed by atoms with Crippen LogP contribution in [0.2, 0.25) is 0 Å². The number of hydrogen-bond donors (Lipinski definition) is 2. The highest BCUT2D eigenvalue weighted by molar-refractivity contribution is 5.76. The third kappa shape index (κ3) is 2.59. The van der Waals surface area contributed by atoms with Gasteiger partial charge in [0.15, 0.2) is 5.60 Å². The quantitative estimate of drug-likeness (QED) is 0.749. The van der Waals surface area contributed by atoms with E-state index in [1.807, 2.05) is 0 Å². The summed E-state index contributed by atoms with van der Waals surface area (Å²) in [6.45, 7) is 2.76. The van der Waals surface area contributed by atoms with E-state index in [4.69, 9.17) is 15.6 Å². The fourth-order valence-corrected chi connectivity index (χ4v) is 0.910. The second kappa shape index (κ2) is 3.76. The summed E-state index contributed by atoms with van der Waals surface area (Å²) >= 11 is 0. The minimum absolute atomic E-state index is 0.00418. The molecule has 82 valence electrons. The molecule has 3 N–H and O–H groups in total. The number of carboxylic acids is 1. The molecule has 0 unspecified atom stereocenters. The van der Waals surface area contributed by atoms with Crippen LogP contribution < -0.4 is 10.5 Å². The van der Waals surface area contributed by atoms with Gasteiger partial charge in [0.1, 0.15) is 11.6 Å². The lowest BCUT2D eigenvalue weighted by molar-refractivity contribution is -0.152. The molecule has 1 aromatic rings. The number of ether oxygens (including phenoxy) is 1. The van der Waals surface area contributed by atoms with Gasteiger partial charge in [-0.15, -0.1) is 0 Å². The first kappa shape index (κ1) is 11.3. The van der Waals surface area contributed by atoms with Crippen molar-refractivity contribution >= 4 is 11.7 Å². The first-order chi connectivity index (χ1) is 6.83. The van der Waals surface area contributed by atoms with E-state index in [0.717, 1.165) is 6.07 Å². The average molecular weight is 213 g/mol. The van der Waals surface area contributed by atoms with Crippen LogP contribution in [0.25, 0.3) is 0 Å². The Morgan fingerprint density at radius 1 is 1.53 bits per heavy atom. The number of anilines is 1. The highest BCUT2D eigenvalue weighted by Gasteiger charge is 2.29. The molecule has 0 aliphatic rings. The molecule has 15 heavy (non-hydrogen) atoms. The van der Waals surface area contributed by atoms with Crippen LogP contribution >= 0.6 is 0 Å².